The van der Waals surface area contributed by atoms with Crippen molar-refractivity contribution in [2.75, 3.05) is 0 Å². The Balaban J connectivity index is 2.30. The minimum atomic E-state index is -0.716. The summed E-state index contributed by atoms with van der Waals surface area (Å²) in [4.78, 5) is 29.0. The fourth-order valence-electron chi connectivity index (χ4n) is 1.36. The highest BCUT2D eigenvalue weighted by Crippen LogP contribution is 2.06. The molecule has 0 aliphatic rings. The van der Waals surface area contributed by atoms with Crippen LogP contribution in [0.15, 0.2) is 35.6 Å². The predicted octanol–water partition coefficient (Wildman–Crippen LogP) is 1.25. The van der Waals surface area contributed by atoms with Crippen molar-refractivity contribution < 1.29 is 4.92 Å². The van der Waals surface area contributed by atoms with Crippen LogP contribution in [-0.2, 0) is 6.54 Å². The van der Waals surface area contributed by atoms with Crippen LogP contribution in [0.2, 0.25) is 5.15 Å². The van der Waals surface area contributed by atoms with E-state index in [0.717, 1.165) is 6.07 Å². The number of aromatic nitrogens is 3. The molecule has 2 rings (SSSR count). The molecule has 2 heterocycles. The van der Waals surface area contributed by atoms with E-state index in [1.54, 1.807) is 0 Å². The van der Waals surface area contributed by atoms with Crippen molar-refractivity contribution in [3.8, 4) is 0 Å². The summed E-state index contributed by atoms with van der Waals surface area (Å²) in [6, 6.07) is 1.14. The SMILES string of the molecule is O=c1ccn(Cc2cnc(Cl)cn2)cc1[N+](=O)[O-]. The van der Waals surface area contributed by atoms with E-state index in [-0.39, 0.29) is 11.7 Å². The van der Waals surface area contributed by atoms with Crippen molar-refractivity contribution in [1.29, 1.82) is 0 Å². The largest absolute Gasteiger partial charge is 0.342 e. The second-order valence-electron chi connectivity index (χ2n) is 3.45. The Morgan fingerprint density at radius 2 is 2.17 bits per heavy atom. The molecule has 8 heteroatoms. The van der Waals surface area contributed by atoms with Crippen molar-refractivity contribution >= 4 is 17.3 Å². The van der Waals surface area contributed by atoms with Gasteiger partial charge in [-0.15, -0.1) is 0 Å². The molecule has 0 amide bonds. The highest BCUT2D eigenvalue weighted by Gasteiger charge is 2.11. The summed E-state index contributed by atoms with van der Waals surface area (Å²) in [5.41, 5.74) is -0.518. The molecule has 0 fully saturated rings. The van der Waals surface area contributed by atoms with Crippen LogP contribution in [0.25, 0.3) is 0 Å². The molecule has 0 aliphatic heterocycles. The monoisotopic (exact) mass is 266 g/mol. The molecule has 0 aromatic carbocycles. The average Bonchev–Trinajstić information content (AvgIpc) is 2.34. The minimum absolute atomic E-state index is 0.268. The number of pyridine rings is 1. The van der Waals surface area contributed by atoms with Crippen molar-refractivity contribution in [3.63, 3.8) is 0 Å². The third kappa shape index (κ3) is 2.69. The van der Waals surface area contributed by atoms with Gasteiger partial charge in [0.2, 0.25) is 0 Å². The number of hydrogen-bond donors (Lipinski definition) is 0. The maximum Gasteiger partial charge on any atom is 0.332 e. The normalized spacial score (nSPS) is 10.3. The molecule has 0 saturated carbocycles. The molecule has 92 valence electrons. The highest BCUT2D eigenvalue weighted by atomic mass is 35.5. The Morgan fingerprint density at radius 1 is 1.39 bits per heavy atom. The Morgan fingerprint density at radius 3 is 2.78 bits per heavy atom. The maximum atomic E-state index is 11.2. The van der Waals surface area contributed by atoms with Crippen molar-refractivity contribution in [2.45, 2.75) is 6.54 Å². The van der Waals surface area contributed by atoms with Crippen molar-refractivity contribution in [2.24, 2.45) is 0 Å². The molecule has 2 aromatic rings. The smallest absolute Gasteiger partial charge is 0.332 e. The molecular formula is C10H7ClN4O3. The predicted molar refractivity (Wildman–Crippen MR) is 63.5 cm³/mol. The first-order valence-electron chi connectivity index (χ1n) is 4.87. The molecule has 0 N–H and O–H groups in total. The lowest BCUT2D eigenvalue weighted by atomic mass is 10.3. The van der Waals surface area contributed by atoms with Gasteiger partial charge in [0, 0.05) is 12.3 Å². The van der Waals surface area contributed by atoms with Gasteiger partial charge >= 0.3 is 5.69 Å². The number of halogens is 1. The molecule has 0 aliphatic carbocycles. The Kier molecular flexibility index (Phi) is 3.33. The highest BCUT2D eigenvalue weighted by molar-refractivity contribution is 6.29. The second kappa shape index (κ2) is 4.92. The van der Waals surface area contributed by atoms with E-state index < -0.39 is 16.0 Å². The van der Waals surface area contributed by atoms with E-state index in [4.69, 9.17) is 11.6 Å². The Hall–Kier alpha value is -2.28. The Bertz CT molecular complexity index is 638. The summed E-state index contributed by atoms with van der Waals surface area (Å²) in [5, 5.41) is 10.9. The van der Waals surface area contributed by atoms with E-state index in [0.29, 0.717) is 5.69 Å². The van der Waals surface area contributed by atoms with Gasteiger partial charge in [-0.25, -0.2) is 4.98 Å². The van der Waals surface area contributed by atoms with Gasteiger partial charge in [0.05, 0.1) is 35.8 Å². The topological polar surface area (TPSA) is 90.9 Å². The van der Waals surface area contributed by atoms with Crippen LogP contribution >= 0.6 is 11.6 Å². The van der Waals surface area contributed by atoms with Gasteiger partial charge in [-0.1, -0.05) is 11.6 Å². The quantitative estimate of drug-likeness (QED) is 0.616. The maximum absolute atomic E-state index is 11.2. The standard InChI is InChI=1S/C10H7ClN4O3/c11-10-4-12-7(3-13-10)5-14-2-1-9(16)8(6-14)15(17)18/h1-4,6H,5H2. The van der Waals surface area contributed by atoms with Crippen LogP contribution in [-0.4, -0.2) is 19.5 Å². The average molecular weight is 267 g/mol. The van der Waals surface area contributed by atoms with Crippen LogP contribution < -0.4 is 5.43 Å². The lowest BCUT2D eigenvalue weighted by molar-refractivity contribution is -0.386. The zero-order valence-corrected chi connectivity index (χ0v) is 9.74. The summed E-state index contributed by atoms with van der Waals surface area (Å²) in [7, 11) is 0. The fraction of sp³-hybridized carbons (Fsp3) is 0.100. The van der Waals surface area contributed by atoms with Crippen LogP contribution in [0.3, 0.4) is 0 Å². The molecule has 0 unspecified atom stereocenters. The lowest BCUT2D eigenvalue weighted by Gasteiger charge is -2.04. The van der Waals surface area contributed by atoms with Crippen molar-refractivity contribution in [1.82, 2.24) is 14.5 Å². The fourth-order valence-corrected chi connectivity index (χ4v) is 1.45. The Labute approximate surface area is 106 Å². The van der Waals surface area contributed by atoms with E-state index in [1.807, 2.05) is 0 Å². The van der Waals surface area contributed by atoms with Gasteiger partial charge < -0.3 is 4.57 Å². The summed E-state index contributed by atoms with van der Waals surface area (Å²) in [6.45, 7) is 0.269. The first-order chi connectivity index (χ1) is 8.56. The van der Waals surface area contributed by atoms with Crippen LogP contribution in [0.5, 0.6) is 0 Å². The zero-order valence-electron chi connectivity index (χ0n) is 8.99. The summed E-state index contributed by atoms with van der Waals surface area (Å²) in [6.07, 6.45) is 5.46. The molecule has 7 nitrogen and oxygen atoms in total. The first kappa shape index (κ1) is 12.2. The van der Waals surface area contributed by atoms with Gasteiger partial charge in [0.15, 0.2) is 0 Å². The van der Waals surface area contributed by atoms with E-state index >= 15 is 0 Å². The molecular weight excluding hydrogens is 260 g/mol. The number of hydrogen-bond acceptors (Lipinski definition) is 5. The van der Waals surface area contributed by atoms with Gasteiger partial charge in [-0.05, 0) is 0 Å². The third-order valence-corrected chi connectivity index (χ3v) is 2.37. The van der Waals surface area contributed by atoms with Gasteiger partial charge in [0.1, 0.15) is 5.15 Å². The molecule has 2 aromatic heterocycles. The minimum Gasteiger partial charge on any atom is -0.342 e. The molecule has 0 saturated heterocycles. The molecule has 0 atom stereocenters. The van der Waals surface area contributed by atoms with Gasteiger partial charge in [-0.2, -0.15) is 0 Å². The summed E-state index contributed by atoms with van der Waals surface area (Å²) in [5.74, 6) is 0. The number of rotatable bonds is 3. The van der Waals surface area contributed by atoms with E-state index in [2.05, 4.69) is 9.97 Å². The molecule has 18 heavy (non-hydrogen) atoms. The first-order valence-corrected chi connectivity index (χ1v) is 5.25. The van der Waals surface area contributed by atoms with Gasteiger partial charge in [-0.3, -0.25) is 19.9 Å². The van der Waals surface area contributed by atoms with Crippen molar-refractivity contribution in [3.05, 3.63) is 62.0 Å². The molecule has 0 bridgehead atoms. The summed E-state index contributed by atoms with van der Waals surface area (Å²) >= 11 is 5.59. The lowest BCUT2D eigenvalue weighted by Crippen LogP contribution is -2.11. The van der Waals surface area contributed by atoms with E-state index in [1.165, 1.54) is 29.4 Å². The molecule has 0 spiro atoms. The van der Waals surface area contributed by atoms with Crippen LogP contribution in [0.1, 0.15) is 5.69 Å². The number of nitro groups is 1. The summed E-state index contributed by atoms with van der Waals surface area (Å²) < 4.78 is 1.48. The molecule has 0 radical (unpaired) electrons. The second-order valence-corrected chi connectivity index (χ2v) is 3.84. The van der Waals surface area contributed by atoms with Crippen LogP contribution in [0, 0.1) is 10.1 Å². The third-order valence-electron chi connectivity index (χ3n) is 2.17. The zero-order chi connectivity index (χ0) is 13.1. The van der Waals surface area contributed by atoms with Crippen LogP contribution in [0.4, 0.5) is 5.69 Å². The number of nitrogens with zero attached hydrogens (tertiary/aromatic N) is 4. The van der Waals surface area contributed by atoms with E-state index in [9.17, 15) is 14.9 Å². The van der Waals surface area contributed by atoms with Gasteiger partial charge in [0.25, 0.3) is 5.43 Å².